The number of nitrogens with two attached hydrogens (primary N) is 1. The minimum Gasteiger partial charge on any atom is -0.496 e. The number of ether oxygens (including phenoxy) is 1. The van der Waals surface area contributed by atoms with E-state index in [4.69, 9.17) is 22.7 Å². The molecule has 0 aliphatic rings. The Morgan fingerprint density at radius 2 is 1.90 bits per heavy atom. The first-order chi connectivity index (χ1) is 10.1. The van der Waals surface area contributed by atoms with Crippen LogP contribution in [-0.2, 0) is 13.1 Å². The van der Waals surface area contributed by atoms with Gasteiger partial charge < -0.3 is 10.5 Å². The van der Waals surface area contributed by atoms with E-state index in [1.54, 1.807) is 7.11 Å². The molecule has 0 spiro atoms. The number of methoxy groups -OCH3 is 1. The average molecular weight is 300 g/mol. The molecule has 4 heteroatoms. The van der Waals surface area contributed by atoms with Gasteiger partial charge in [-0.2, -0.15) is 0 Å². The zero-order valence-corrected chi connectivity index (χ0v) is 13.2. The van der Waals surface area contributed by atoms with Gasteiger partial charge >= 0.3 is 0 Å². The fraction of sp³-hybridized carbons (Fsp3) is 0.235. The highest BCUT2D eigenvalue weighted by molar-refractivity contribution is 7.80. The number of rotatable bonds is 6. The van der Waals surface area contributed by atoms with Gasteiger partial charge in [0.05, 0.1) is 7.11 Å². The molecule has 0 aromatic heterocycles. The van der Waals surface area contributed by atoms with Crippen LogP contribution in [0.4, 0.5) is 0 Å². The fourth-order valence-electron chi connectivity index (χ4n) is 2.31. The van der Waals surface area contributed by atoms with Crippen LogP contribution in [0, 0.1) is 0 Å². The first kappa shape index (κ1) is 15.5. The van der Waals surface area contributed by atoms with E-state index in [1.807, 2.05) is 36.4 Å². The monoisotopic (exact) mass is 300 g/mol. The summed E-state index contributed by atoms with van der Waals surface area (Å²) >= 11 is 5.02. The van der Waals surface area contributed by atoms with Crippen LogP contribution < -0.4 is 10.5 Å². The van der Waals surface area contributed by atoms with Crippen LogP contribution in [0.25, 0.3) is 0 Å². The molecular formula is C17H20N2OS. The smallest absolute Gasteiger partial charge is 0.123 e. The molecule has 0 aliphatic heterocycles. The first-order valence-corrected chi connectivity index (χ1v) is 7.20. The zero-order valence-electron chi connectivity index (χ0n) is 12.4. The predicted octanol–water partition coefficient (Wildman–Crippen LogP) is 2.96. The molecule has 0 atom stereocenters. The lowest BCUT2D eigenvalue weighted by molar-refractivity contribution is 0.310. The number of thiocarbonyl (C=S) groups is 1. The Labute approximate surface area is 131 Å². The van der Waals surface area contributed by atoms with E-state index in [9.17, 15) is 0 Å². The summed E-state index contributed by atoms with van der Waals surface area (Å²) in [4.78, 5) is 2.67. The van der Waals surface area contributed by atoms with Crippen LogP contribution in [0.15, 0.2) is 48.5 Å². The van der Waals surface area contributed by atoms with Crippen molar-refractivity contribution in [2.75, 3.05) is 14.2 Å². The lowest BCUT2D eigenvalue weighted by Gasteiger charge is -2.18. The highest BCUT2D eigenvalue weighted by Crippen LogP contribution is 2.19. The third kappa shape index (κ3) is 4.28. The molecule has 2 aromatic carbocycles. The fourth-order valence-corrected chi connectivity index (χ4v) is 2.44. The van der Waals surface area contributed by atoms with E-state index in [0.29, 0.717) is 4.99 Å². The van der Waals surface area contributed by atoms with Gasteiger partial charge in [0.2, 0.25) is 0 Å². The van der Waals surface area contributed by atoms with Gasteiger partial charge in [-0.25, -0.2) is 0 Å². The standard InChI is InChI=1S/C17H20N2OS/c1-19(12-15-7-3-4-9-16(15)20-2)11-13-6-5-8-14(10-13)17(18)21/h3-10H,11-12H2,1-2H3,(H2,18,21). The third-order valence-corrected chi connectivity index (χ3v) is 3.53. The van der Waals surface area contributed by atoms with E-state index < -0.39 is 0 Å². The molecular weight excluding hydrogens is 280 g/mol. The molecule has 0 aliphatic carbocycles. The molecule has 0 bridgehead atoms. The Bertz CT molecular complexity index is 628. The summed E-state index contributed by atoms with van der Waals surface area (Å²) in [5.41, 5.74) is 8.95. The highest BCUT2D eigenvalue weighted by Gasteiger charge is 2.07. The lowest BCUT2D eigenvalue weighted by atomic mass is 10.1. The van der Waals surface area contributed by atoms with E-state index in [2.05, 4.69) is 24.1 Å². The molecule has 0 saturated heterocycles. The van der Waals surface area contributed by atoms with Gasteiger partial charge in [0, 0.05) is 24.2 Å². The molecule has 0 saturated carbocycles. The second-order valence-corrected chi connectivity index (χ2v) is 5.49. The van der Waals surface area contributed by atoms with Gasteiger partial charge in [-0.3, -0.25) is 4.90 Å². The molecule has 110 valence electrons. The average Bonchev–Trinajstić information content (AvgIpc) is 2.48. The largest absolute Gasteiger partial charge is 0.496 e. The molecule has 0 fully saturated rings. The Balaban J connectivity index is 2.06. The maximum atomic E-state index is 5.68. The van der Waals surface area contributed by atoms with Crippen LogP contribution in [0.3, 0.4) is 0 Å². The molecule has 0 amide bonds. The van der Waals surface area contributed by atoms with Gasteiger partial charge in [0.1, 0.15) is 10.7 Å². The van der Waals surface area contributed by atoms with Gasteiger partial charge in [-0.05, 0) is 24.7 Å². The van der Waals surface area contributed by atoms with Crippen molar-refractivity contribution in [1.82, 2.24) is 4.90 Å². The van der Waals surface area contributed by atoms with Crippen LogP contribution in [0.5, 0.6) is 5.75 Å². The Kier molecular flexibility index (Phi) is 5.31. The molecule has 0 radical (unpaired) electrons. The SMILES string of the molecule is COc1ccccc1CN(C)Cc1cccc(C(N)=S)c1. The van der Waals surface area contributed by atoms with Crippen LogP contribution in [0.2, 0.25) is 0 Å². The molecule has 2 rings (SSSR count). The molecule has 21 heavy (non-hydrogen) atoms. The van der Waals surface area contributed by atoms with Crippen molar-refractivity contribution in [2.24, 2.45) is 5.73 Å². The third-order valence-electron chi connectivity index (χ3n) is 3.30. The Morgan fingerprint density at radius 3 is 2.62 bits per heavy atom. The minimum absolute atomic E-state index is 0.434. The van der Waals surface area contributed by atoms with Gasteiger partial charge in [-0.15, -0.1) is 0 Å². The molecule has 0 heterocycles. The summed E-state index contributed by atoms with van der Waals surface area (Å²) in [5.74, 6) is 0.918. The van der Waals surface area contributed by atoms with E-state index in [0.717, 1.165) is 24.4 Å². The Morgan fingerprint density at radius 1 is 1.14 bits per heavy atom. The highest BCUT2D eigenvalue weighted by atomic mass is 32.1. The van der Waals surface area contributed by atoms with Crippen LogP contribution >= 0.6 is 12.2 Å². The van der Waals surface area contributed by atoms with Crippen molar-refractivity contribution in [3.8, 4) is 5.75 Å². The quantitative estimate of drug-likeness (QED) is 0.833. The summed E-state index contributed by atoms with van der Waals surface area (Å²) in [7, 11) is 3.78. The number of hydrogen-bond acceptors (Lipinski definition) is 3. The summed E-state index contributed by atoms with van der Waals surface area (Å²) in [6.07, 6.45) is 0. The van der Waals surface area contributed by atoms with Crippen LogP contribution in [0.1, 0.15) is 16.7 Å². The molecule has 2 aromatic rings. The van der Waals surface area contributed by atoms with E-state index in [1.165, 1.54) is 11.1 Å². The van der Waals surface area contributed by atoms with Gasteiger partial charge in [0.25, 0.3) is 0 Å². The van der Waals surface area contributed by atoms with Crippen LogP contribution in [-0.4, -0.2) is 24.0 Å². The maximum absolute atomic E-state index is 5.68. The van der Waals surface area contributed by atoms with Crippen molar-refractivity contribution in [2.45, 2.75) is 13.1 Å². The summed E-state index contributed by atoms with van der Waals surface area (Å²) in [6.45, 7) is 1.65. The molecule has 3 nitrogen and oxygen atoms in total. The summed E-state index contributed by atoms with van der Waals surface area (Å²) in [6, 6.07) is 16.1. The topological polar surface area (TPSA) is 38.5 Å². The molecule has 0 unspecified atom stereocenters. The van der Waals surface area contributed by atoms with Crippen molar-refractivity contribution < 1.29 is 4.74 Å². The maximum Gasteiger partial charge on any atom is 0.123 e. The number of nitrogens with zero attached hydrogens (tertiary/aromatic N) is 1. The number of benzene rings is 2. The van der Waals surface area contributed by atoms with Crippen molar-refractivity contribution >= 4 is 17.2 Å². The zero-order chi connectivity index (χ0) is 15.2. The van der Waals surface area contributed by atoms with E-state index in [-0.39, 0.29) is 0 Å². The normalized spacial score (nSPS) is 10.6. The van der Waals surface area contributed by atoms with Gasteiger partial charge in [0.15, 0.2) is 0 Å². The van der Waals surface area contributed by atoms with Crippen molar-refractivity contribution in [3.63, 3.8) is 0 Å². The summed E-state index contributed by atoms with van der Waals surface area (Å²) < 4.78 is 5.39. The van der Waals surface area contributed by atoms with E-state index >= 15 is 0 Å². The molecule has 2 N–H and O–H groups in total. The summed E-state index contributed by atoms with van der Waals surface area (Å²) in [5, 5.41) is 0. The minimum atomic E-state index is 0.434. The Hall–Kier alpha value is -1.91. The number of para-hydroxylation sites is 1. The lowest BCUT2D eigenvalue weighted by Crippen LogP contribution is -2.18. The predicted molar refractivity (Wildman–Crippen MR) is 90.5 cm³/mol. The first-order valence-electron chi connectivity index (χ1n) is 6.79. The van der Waals surface area contributed by atoms with Crippen molar-refractivity contribution in [3.05, 3.63) is 65.2 Å². The number of hydrogen-bond donors (Lipinski definition) is 1. The van der Waals surface area contributed by atoms with Crippen molar-refractivity contribution in [1.29, 1.82) is 0 Å². The van der Waals surface area contributed by atoms with Gasteiger partial charge in [-0.1, -0.05) is 48.6 Å². The second-order valence-electron chi connectivity index (χ2n) is 5.05. The second kappa shape index (κ2) is 7.20.